The van der Waals surface area contributed by atoms with Gasteiger partial charge in [-0.2, -0.15) is 5.26 Å². The molecule has 1 heterocycles. The van der Waals surface area contributed by atoms with E-state index in [9.17, 15) is 0 Å². The van der Waals surface area contributed by atoms with Gasteiger partial charge in [-0.1, -0.05) is 44.2 Å². The van der Waals surface area contributed by atoms with Crippen molar-refractivity contribution in [2.24, 2.45) is 5.92 Å². The Kier molecular flexibility index (Phi) is 7.09. The van der Waals surface area contributed by atoms with Gasteiger partial charge in [0.25, 0.3) is 0 Å². The summed E-state index contributed by atoms with van der Waals surface area (Å²) in [6.07, 6.45) is 1.70. The van der Waals surface area contributed by atoms with E-state index in [1.54, 1.807) is 0 Å². The number of nitriles is 1. The lowest BCUT2D eigenvalue weighted by molar-refractivity contribution is 0.128. The summed E-state index contributed by atoms with van der Waals surface area (Å²) in [5, 5.41) is 11.4. The topological polar surface area (TPSA) is 39.5 Å². The second-order valence-corrected chi connectivity index (χ2v) is 7.82. The van der Waals surface area contributed by atoms with Gasteiger partial charge in [0.1, 0.15) is 5.75 Å². The van der Waals surface area contributed by atoms with Crippen molar-refractivity contribution in [3.05, 3.63) is 42.0 Å². The van der Waals surface area contributed by atoms with Gasteiger partial charge >= 0.3 is 0 Å². The normalized spacial score (nSPS) is 15.9. The van der Waals surface area contributed by atoms with E-state index in [1.165, 1.54) is 16.3 Å². The summed E-state index contributed by atoms with van der Waals surface area (Å²) in [5.74, 6) is 1.68. The largest absolute Gasteiger partial charge is 0.493 e. The van der Waals surface area contributed by atoms with E-state index in [0.717, 1.165) is 58.0 Å². The Morgan fingerprint density at radius 2 is 1.78 bits per heavy atom. The third-order valence-electron chi connectivity index (χ3n) is 5.34. The number of nitrogens with zero attached hydrogens (tertiary/aromatic N) is 3. The molecular weight excluding hydrogens is 334 g/mol. The van der Waals surface area contributed by atoms with Crippen LogP contribution in [0.1, 0.15) is 32.3 Å². The van der Waals surface area contributed by atoms with Crippen LogP contribution in [0.2, 0.25) is 0 Å². The van der Waals surface area contributed by atoms with E-state index in [2.05, 4.69) is 66.1 Å². The predicted molar refractivity (Wildman–Crippen MR) is 111 cm³/mol. The van der Waals surface area contributed by atoms with Crippen molar-refractivity contribution in [1.82, 2.24) is 9.80 Å². The second-order valence-electron chi connectivity index (χ2n) is 7.82. The molecule has 1 aliphatic rings. The average molecular weight is 366 g/mol. The summed E-state index contributed by atoms with van der Waals surface area (Å²) in [6.45, 7) is 11.2. The minimum Gasteiger partial charge on any atom is -0.493 e. The third kappa shape index (κ3) is 5.45. The maximum Gasteiger partial charge on any atom is 0.124 e. The van der Waals surface area contributed by atoms with Gasteiger partial charge in [0.15, 0.2) is 0 Å². The van der Waals surface area contributed by atoms with E-state index in [4.69, 9.17) is 10.00 Å². The van der Waals surface area contributed by atoms with Crippen molar-refractivity contribution in [3.63, 3.8) is 0 Å². The van der Waals surface area contributed by atoms with Crippen molar-refractivity contribution in [2.75, 3.05) is 39.3 Å². The number of hydrogen-bond acceptors (Lipinski definition) is 4. The first kappa shape index (κ1) is 19.7. The van der Waals surface area contributed by atoms with Crippen LogP contribution in [0, 0.1) is 17.2 Å². The molecule has 0 aliphatic carbocycles. The molecule has 0 unspecified atom stereocenters. The van der Waals surface area contributed by atoms with Crippen LogP contribution in [0.4, 0.5) is 0 Å². The molecule has 0 atom stereocenters. The molecular formula is C23H31N3O. The van der Waals surface area contributed by atoms with Gasteiger partial charge in [-0.25, -0.2) is 0 Å². The van der Waals surface area contributed by atoms with Crippen LogP contribution in [-0.4, -0.2) is 49.1 Å². The number of fused-ring (bicyclic) bond motifs is 1. The fourth-order valence-corrected chi connectivity index (χ4v) is 3.62. The third-order valence-corrected chi connectivity index (χ3v) is 5.34. The van der Waals surface area contributed by atoms with Crippen LogP contribution in [0.5, 0.6) is 5.75 Å². The molecule has 0 aromatic heterocycles. The minimum atomic E-state index is 0.622. The Morgan fingerprint density at radius 1 is 1.04 bits per heavy atom. The quantitative estimate of drug-likeness (QED) is 0.699. The molecule has 4 heteroatoms. The van der Waals surface area contributed by atoms with Gasteiger partial charge in [-0.15, -0.1) is 0 Å². The second kappa shape index (κ2) is 9.73. The van der Waals surface area contributed by atoms with Crippen molar-refractivity contribution in [1.29, 1.82) is 5.26 Å². The van der Waals surface area contributed by atoms with Gasteiger partial charge in [0.2, 0.25) is 0 Å². The molecule has 27 heavy (non-hydrogen) atoms. The standard InChI is InChI=1S/C23H31N3O/c1-19(2)10-17-27-23-9-8-20-6-3-4-7-21(20)22(23)18-26-15-13-25(14-16-26)12-5-11-24/h3-4,6-9,19H,5,10,12-18H2,1-2H3. The maximum absolute atomic E-state index is 8.78. The zero-order valence-corrected chi connectivity index (χ0v) is 16.7. The fraction of sp³-hybridized carbons (Fsp3) is 0.522. The lowest BCUT2D eigenvalue weighted by Gasteiger charge is -2.34. The number of piperazine rings is 1. The van der Waals surface area contributed by atoms with Crippen LogP contribution in [0.15, 0.2) is 36.4 Å². The highest BCUT2D eigenvalue weighted by Gasteiger charge is 2.19. The number of benzene rings is 2. The molecule has 1 fully saturated rings. The van der Waals surface area contributed by atoms with Crippen LogP contribution in [0.3, 0.4) is 0 Å². The number of rotatable bonds is 8. The Bertz CT molecular complexity index is 773. The van der Waals surface area contributed by atoms with Gasteiger partial charge in [0, 0.05) is 51.3 Å². The number of hydrogen-bond donors (Lipinski definition) is 0. The summed E-state index contributed by atoms with van der Waals surface area (Å²) in [4.78, 5) is 4.91. The highest BCUT2D eigenvalue weighted by atomic mass is 16.5. The van der Waals surface area contributed by atoms with E-state index in [-0.39, 0.29) is 0 Å². The van der Waals surface area contributed by atoms with E-state index >= 15 is 0 Å². The molecule has 144 valence electrons. The van der Waals surface area contributed by atoms with Crippen LogP contribution in [0.25, 0.3) is 10.8 Å². The molecule has 2 aromatic carbocycles. The molecule has 1 aliphatic heterocycles. The summed E-state index contributed by atoms with van der Waals surface area (Å²) in [6, 6.07) is 15.2. The summed E-state index contributed by atoms with van der Waals surface area (Å²) >= 11 is 0. The molecule has 0 N–H and O–H groups in total. The molecule has 1 saturated heterocycles. The molecule has 4 nitrogen and oxygen atoms in total. The van der Waals surface area contributed by atoms with E-state index < -0.39 is 0 Å². The van der Waals surface area contributed by atoms with Gasteiger partial charge < -0.3 is 4.74 Å². The highest BCUT2D eigenvalue weighted by Crippen LogP contribution is 2.30. The molecule has 0 radical (unpaired) electrons. The van der Waals surface area contributed by atoms with Gasteiger partial charge in [0.05, 0.1) is 12.7 Å². The van der Waals surface area contributed by atoms with Gasteiger partial charge in [-0.3, -0.25) is 9.80 Å². The summed E-state index contributed by atoms with van der Waals surface area (Å²) in [5.41, 5.74) is 1.31. The first-order chi connectivity index (χ1) is 13.2. The van der Waals surface area contributed by atoms with E-state index in [1.807, 2.05) is 0 Å². The Morgan fingerprint density at radius 3 is 2.52 bits per heavy atom. The lowest BCUT2D eigenvalue weighted by atomic mass is 10.0. The number of ether oxygens (including phenoxy) is 1. The molecule has 0 bridgehead atoms. The highest BCUT2D eigenvalue weighted by molar-refractivity contribution is 5.87. The Hall–Kier alpha value is -2.09. The summed E-state index contributed by atoms with van der Waals surface area (Å²) < 4.78 is 6.20. The maximum atomic E-state index is 8.78. The average Bonchev–Trinajstić information content (AvgIpc) is 2.68. The lowest BCUT2D eigenvalue weighted by Crippen LogP contribution is -2.46. The first-order valence-electron chi connectivity index (χ1n) is 10.1. The Balaban J connectivity index is 1.72. The molecule has 2 aromatic rings. The van der Waals surface area contributed by atoms with Gasteiger partial charge in [-0.05, 0) is 29.2 Å². The monoisotopic (exact) mass is 365 g/mol. The molecule has 0 amide bonds. The predicted octanol–water partition coefficient (Wildman–Crippen LogP) is 4.30. The van der Waals surface area contributed by atoms with Crippen molar-refractivity contribution >= 4 is 10.8 Å². The van der Waals surface area contributed by atoms with Crippen LogP contribution >= 0.6 is 0 Å². The molecule has 0 spiro atoms. The summed E-state index contributed by atoms with van der Waals surface area (Å²) in [7, 11) is 0. The molecule has 3 rings (SSSR count). The van der Waals surface area contributed by atoms with Crippen LogP contribution in [-0.2, 0) is 6.54 Å². The molecule has 0 saturated carbocycles. The van der Waals surface area contributed by atoms with Crippen molar-refractivity contribution in [3.8, 4) is 11.8 Å². The zero-order valence-electron chi connectivity index (χ0n) is 16.7. The van der Waals surface area contributed by atoms with Crippen LogP contribution < -0.4 is 4.74 Å². The van der Waals surface area contributed by atoms with Crippen molar-refractivity contribution < 1.29 is 4.74 Å². The minimum absolute atomic E-state index is 0.622. The van der Waals surface area contributed by atoms with Crippen molar-refractivity contribution in [2.45, 2.75) is 33.2 Å². The smallest absolute Gasteiger partial charge is 0.124 e. The SMILES string of the molecule is CC(C)CCOc1ccc2ccccc2c1CN1CCN(CCC#N)CC1. The van der Waals surface area contributed by atoms with E-state index in [0.29, 0.717) is 12.3 Å². The first-order valence-corrected chi connectivity index (χ1v) is 10.1. The zero-order chi connectivity index (χ0) is 19.1. The fourth-order valence-electron chi connectivity index (χ4n) is 3.62. The Labute approximate surface area is 163 Å².